The van der Waals surface area contributed by atoms with Gasteiger partial charge in [-0.25, -0.2) is 4.39 Å². The van der Waals surface area contributed by atoms with Gasteiger partial charge in [0.2, 0.25) is 0 Å². The smallest absolute Gasteiger partial charge is 0.308 e. The first-order valence-electron chi connectivity index (χ1n) is 8.47. The summed E-state index contributed by atoms with van der Waals surface area (Å²) < 4.78 is 23.5. The molecule has 25 heavy (non-hydrogen) atoms. The van der Waals surface area contributed by atoms with Crippen molar-refractivity contribution < 1.29 is 23.5 Å². The zero-order chi connectivity index (χ0) is 18.0. The number of methoxy groups -OCH3 is 2. The van der Waals surface area contributed by atoms with Crippen LogP contribution >= 0.6 is 0 Å². The molecule has 0 saturated heterocycles. The first-order valence-corrected chi connectivity index (χ1v) is 8.47. The number of rotatable bonds is 4. The minimum absolute atomic E-state index is 0.0113. The Morgan fingerprint density at radius 1 is 1.24 bits per heavy atom. The van der Waals surface area contributed by atoms with E-state index in [1.54, 1.807) is 11.1 Å². The summed E-state index contributed by atoms with van der Waals surface area (Å²) in [5, 5.41) is 0. The van der Waals surface area contributed by atoms with Gasteiger partial charge in [-0.3, -0.25) is 9.59 Å². The lowest BCUT2D eigenvalue weighted by Crippen LogP contribution is -2.23. The molecule has 0 spiro atoms. The van der Waals surface area contributed by atoms with Crippen LogP contribution in [0.2, 0.25) is 0 Å². The zero-order valence-corrected chi connectivity index (χ0v) is 14.5. The fraction of sp³-hybridized carbons (Fsp3) is 0.474. The number of halogens is 1. The zero-order valence-electron chi connectivity index (χ0n) is 14.5. The van der Waals surface area contributed by atoms with E-state index < -0.39 is 5.82 Å². The molecular weight excluding hydrogens is 325 g/mol. The van der Waals surface area contributed by atoms with Gasteiger partial charge >= 0.3 is 5.97 Å². The summed E-state index contributed by atoms with van der Waals surface area (Å²) in [6, 6.07) is 2.82. The maximum Gasteiger partial charge on any atom is 0.308 e. The highest BCUT2D eigenvalue weighted by Gasteiger charge is 2.29. The monoisotopic (exact) mass is 347 g/mol. The molecule has 1 aromatic rings. The molecule has 0 N–H and O–H groups in total. The van der Waals surface area contributed by atoms with E-state index in [4.69, 9.17) is 9.47 Å². The number of amides is 1. The van der Waals surface area contributed by atoms with E-state index in [1.165, 1.54) is 26.4 Å². The van der Waals surface area contributed by atoms with E-state index >= 15 is 0 Å². The van der Waals surface area contributed by atoms with E-state index in [9.17, 15) is 14.0 Å². The molecule has 3 rings (SSSR count). The van der Waals surface area contributed by atoms with Crippen molar-refractivity contribution in [1.29, 1.82) is 0 Å². The number of esters is 1. The van der Waals surface area contributed by atoms with Crippen LogP contribution in [0.1, 0.15) is 41.6 Å². The summed E-state index contributed by atoms with van der Waals surface area (Å²) in [5.74, 6) is -0.331. The Bertz CT molecular complexity index is 708. The van der Waals surface area contributed by atoms with E-state index in [0.29, 0.717) is 23.6 Å². The standard InChI is InChI=1S/C19H22FNO4/c1-24-17-10-15-14(9-16(17)20)11-21(18(15)22)8-7-12-3-5-13(6-4-12)19(23)25-2/h7-10,12-13H,3-6,11H2,1-2H3. The Balaban J connectivity index is 1.62. The third-order valence-corrected chi connectivity index (χ3v) is 5.05. The van der Waals surface area contributed by atoms with E-state index in [2.05, 4.69) is 0 Å². The van der Waals surface area contributed by atoms with Gasteiger partial charge in [0.25, 0.3) is 5.91 Å². The van der Waals surface area contributed by atoms with Crippen molar-refractivity contribution in [1.82, 2.24) is 4.90 Å². The van der Waals surface area contributed by atoms with Gasteiger partial charge in [0, 0.05) is 11.8 Å². The van der Waals surface area contributed by atoms with Crippen molar-refractivity contribution in [3.05, 3.63) is 41.4 Å². The number of carbonyl (C=O) groups excluding carboxylic acids is 2. The van der Waals surface area contributed by atoms with Gasteiger partial charge in [0.05, 0.1) is 26.7 Å². The molecule has 0 radical (unpaired) electrons. The third kappa shape index (κ3) is 3.52. The van der Waals surface area contributed by atoms with Crippen molar-refractivity contribution in [3.63, 3.8) is 0 Å². The molecular formula is C19H22FNO4. The Kier molecular flexibility index (Phi) is 5.06. The minimum atomic E-state index is -0.457. The van der Waals surface area contributed by atoms with Crippen LogP contribution in [-0.4, -0.2) is 31.0 Å². The molecule has 6 heteroatoms. The summed E-state index contributed by atoms with van der Waals surface area (Å²) >= 11 is 0. The fourth-order valence-corrected chi connectivity index (χ4v) is 3.55. The number of fused-ring (bicyclic) bond motifs is 1. The van der Waals surface area contributed by atoms with E-state index in [1.807, 2.05) is 6.08 Å². The number of nitrogens with zero attached hydrogens (tertiary/aromatic N) is 1. The quantitative estimate of drug-likeness (QED) is 0.785. The normalized spacial score (nSPS) is 23.0. The van der Waals surface area contributed by atoms with Gasteiger partial charge in [-0.2, -0.15) is 0 Å². The largest absolute Gasteiger partial charge is 0.494 e. The molecule has 1 aromatic carbocycles. The maximum absolute atomic E-state index is 13.8. The first kappa shape index (κ1) is 17.5. The summed E-state index contributed by atoms with van der Waals surface area (Å²) in [7, 11) is 2.80. The van der Waals surface area contributed by atoms with Crippen LogP contribution in [-0.2, 0) is 16.1 Å². The second-order valence-electron chi connectivity index (χ2n) is 6.55. The predicted molar refractivity (Wildman–Crippen MR) is 89.4 cm³/mol. The summed E-state index contributed by atoms with van der Waals surface area (Å²) in [4.78, 5) is 25.6. The molecule has 134 valence electrons. The Labute approximate surface area is 146 Å². The number of hydrogen-bond acceptors (Lipinski definition) is 4. The molecule has 5 nitrogen and oxygen atoms in total. The highest BCUT2D eigenvalue weighted by atomic mass is 19.1. The molecule has 0 bridgehead atoms. The van der Waals surface area contributed by atoms with E-state index in [-0.39, 0.29) is 23.5 Å². The van der Waals surface area contributed by atoms with Crippen LogP contribution in [0.15, 0.2) is 24.4 Å². The molecule has 2 aliphatic rings. The molecule has 0 unspecified atom stereocenters. The van der Waals surface area contributed by atoms with Gasteiger partial charge in [-0.05, 0) is 49.3 Å². The molecule has 1 heterocycles. The van der Waals surface area contributed by atoms with Gasteiger partial charge in [0.15, 0.2) is 11.6 Å². The second kappa shape index (κ2) is 7.25. The average molecular weight is 347 g/mol. The lowest BCUT2D eigenvalue weighted by atomic mass is 9.82. The van der Waals surface area contributed by atoms with Gasteiger partial charge in [-0.1, -0.05) is 6.08 Å². The van der Waals surface area contributed by atoms with Crippen LogP contribution in [0.3, 0.4) is 0 Å². The molecule has 0 atom stereocenters. The Morgan fingerprint density at radius 2 is 1.96 bits per heavy atom. The second-order valence-corrected chi connectivity index (χ2v) is 6.55. The third-order valence-electron chi connectivity index (χ3n) is 5.05. The van der Waals surface area contributed by atoms with Gasteiger partial charge < -0.3 is 14.4 Å². The lowest BCUT2D eigenvalue weighted by Gasteiger charge is -2.25. The van der Waals surface area contributed by atoms with Crippen LogP contribution in [0.4, 0.5) is 4.39 Å². The number of allylic oxidation sites excluding steroid dienone is 1. The van der Waals surface area contributed by atoms with Crippen LogP contribution in [0.5, 0.6) is 5.75 Å². The van der Waals surface area contributed by atoms with Gasteiger partial charge in [-0.15, -0.1) is 0 Å². The van der Waals surface area contributed by atoms with Gasteiger partial charge in [0.1, 0.15) is 0 Å². The molecule has 1 fully saturated rings. The summed E-state index contributed by atoms with van der Waals surface area (Å²) in [5.41, 5.74) is 1.15. The Morgan fingerprint density at radius 3 is 2.60 bits per heavy atom. The van der Waals surface area contributed by atoms with Crippen molar-refractivity contribution in [2.24, 2.45) is 11.8 Å². The number of carbonyl (C=O) groups is 2. The molecule has 0 aromatic heterocycles. The summed E-state index contributed by atoms with van der Waals surface area (Å²) in [6.45, 7) is 0.364. The lowest BCUT2D eigenvalue weighted by molar-refractivity contribution is -0.146. The fourth-order valence-electron chi connectivity index (χ4n) is 3.55. The number of hydrogen-bond donors (Lipinski definition) is 0. The topological polar surface area (TPSA) is 55.8 Å². The van der Waals surface area contributed by atoms with Crippen molar-refractivity contribution in [3.8, 4) is 5.75 Å². The Hall–Kier alpha value is -2.37. The van der Waals surface area contributed by atoms with Crippen molar-refractivity contribution in [2.45, 2.75) is 32.2 Å². The molecule has 1 aliphatic heterocycles. The van der Waals surface area contributed by atoms with Crippen LogP contribution < -0.4 is 4.74 Å². The van der Waals surface area contributed by atoms with E-state index in [0.717, 1.165) is 25.7 Å². The highest BCUT2D eigenvalue weighted by molar-refractivity contribution is 5.99. The van der Waals surface area contributed by atoms with Crippen molar-refractivity contribution >= 4 is 11.9 Å². The molecule has 1 amide bonds. The molecule has 1 saturated carbocycles. The average Bonchev–Trinajstić information content (AvgIpc) is 2.93. The first-order chi connectivity index (χ1) is 12.0. The van der Waals surface area contributed by atoms with Crippen molar-refractivity contribution in [2.75, 3.05) is 14.2 Å². The SMILES string of the molecule is COC(=O)C1CCC(C=CN2Cc3cc(F)c(OC)cc3C2=O)CC1. The molecule has 1 aliphatic carbocycles. The van der Waals surface area contributed by atoms with Crippen LogP contribution in [0, 0.1) is 17.7 Å². The number of ether oxygens (including phenoxy) is 2. The maximum atomic E-state index is 13.8. The number of benzene rings is 1. The van der Waals surface area contributed by atoms with Crippen LogP contribution in [0.25, 0.3) is 0 Å². The predicted octanol–water partition coefficient (Wildman–Crippen LogP) is 3.28. The minimum Gasteiger partial charge on any atom is -0.494 e. The summed E-state index contributed by atoms with van der Waals surface area (Å²) in [6.07, 6.45) is 7.21. The highest BCUT2D eigenvalue weighted by Crippen LogP contribution is 2.32.